The standard InChI is InChI=1S/C21H26N8O3S/c1-13-25-20(28-21(22)26-13)17-8-14(11-29-7-6-16(12-29)33(3,30)31)9-24-19(17)27-15-4-5-18(32-2)23-10-15/h4-5,8-10,16H,6-7,11-12H2,1-3H3,(H,24,27)(H2,22,25,26,28)/t16-/m1/s1. The smallest absolute Gasteiger partial charge is 0.223 e. The molecule has 4 rings (SSSR count). The van der Waals surface area contributed by atoms with Crippen LogP contribution in [0.25, 0.3) is 11.4 Å². The zero-order chi connectivity index (χ0) is 23.6. The number of nitrogens with two attached hydrogens (primary N) is 1. The van der Waals surface area contributed by atoms with Gasteiger partial charge < -0.3 is 15.8 Å². The summed E-state index contributed by atoms with van der Waals surface area (Å²) in [7, 11) is -1.50. The molecule has 1 aliphatic heterocycles. The first kappa shape index (κ1) is 22.8. The highest BCUT2D eigenvalue weighted by molar-refractivity contribution is 7.91. The van der Waals surface area contributed by atoms with Crippen molar-refractivity contribution >= 4 is 27.3 Å². The Kier molecular flexibility index (Phi) is 6.38. The minimum absolute atomic E-state index is 0.121. The molecule has 11 nitrogen and oxygen atoms in total. The van der Waals surface area contributed by atoms with Gasteiger partial charge in [0.1, 0.15) is 11.6 Å². The molecule has 3 aromatic heterocycles. The number of sulfone groups is 1. The molecule has 1 fully saturated rings. The van der Waals surface area contributed by atoms with Gasteiger partial charge in [-0.25, -0.2) is 23.4 Å². The Hall–Kier alpha value is -3.38. The van der Waals surface area contributed by atoms with Crippen LogP contribution in [0, 0.1) is 6.92 Å². The van der Waals surface area contributed by atoms with Crippen LogP contribution >= 0.6 is 0 Å². The quantitative estimate of drug-likeness (QED) is 0.518. The second-order valence-electron chi connectivity index (χ2n) is 7.99. The van der Waals surface area contributed by atoms with Crippen LogP contribution in [0.3, 0.4) is 0 Å². The Morgan fingerprint density at radius 2 is 2.03 bits per heavy atom. The predicted octanol–water partition coefficient (Wildman–Crippen LogP) is 1.59. The van der Waals surface area contributed by atoms with Gasteiger partial charge in [0.15, 0.2) is 15.7 Å². The minimum atomic E-state index is -3.06. The van der Waals surface area contributed by atoms with Gasteiger partial charge >= 0.3 is 0 Å². The summed E-state index contributed by atoms with van der Waals surface area (Å²) in [4.78, 5) is 23.7. The third kappa shape index (κ3) is 5.52. The Bertz CT molecular complexity index is 1230. The molecule has 0 radical (unpaired) electrons. The van der Waals surface area contributed by atoms with E-state index >= 15 is 0 Å². The average Bonchev–Trinajstić information content (AvgIpc) is 3.24. The molecule has 0 aliphatic carbocycles. The van der Waals surface area contributed by atoms with Crippen LogP contribution in [0.1, 0.15) is 17.8 Å². The molecular weight excluding hydrogens is 444 g/mol. The average molecular weight is 471 g/mol. The topological polar surface area (TPSA) is 149 Å². The van der Waals surface area contributed by atoms with E-state index in [0.717, 1.165) is 5.56 Å². The monoisotopic (exact) mass is 470 g/mol. The van der Waals surface area contributed by atoms with Crippen LogP contribution in [0.5, 0.6) is 5.88 Å². The summed E-state index contributed by atoms with van der Waals surface area (Å²) in [5, 5.41) is 2.91. The third-order valence-corrected chi connectivity index (χ3v) is 6.99. The number of methoxy groups -OCH3 is 1. The maximum absolute atomic E-state index is 11.9. The first-order valence-corrected chi connectivity index (χ1v) is 12.3. The van der Waals surface area contributed by atoms with Crippen molar-refractivity contribution in [2.75, 3.05) is 37.5 Å². The molecule has 0 bridgehead atoms. The van der Waals surface area contributed by atoms with Crippen molar-refractivity contribution < 1.29 is 13.2 Å². The molecule has 0 amide bonds. The predicted molar refractivity (Wildman–Crippen MR) is 125 cm³/mol. The second-order valence-corrected chi connectivity index (χ2v) is 10.3. The highest BCUT2D eigenvalue weighted by Crippen LogP contribution is 2.29. The van der Waals surface area contributed by atoms with E-state index in [1.54, 1.807) is 32.5 Å². The van der Waals surface area contributed by atoms with E-state index in [1.165, 1.54) is 6.26 Å². The molecule has 33 heavy (non-hydrogen) atoms. The van der Waals surface area contributed by atoms with E-state index in [-0.39, 0.29) is 11.2 Å². The normalized spacial score (nSPS) is 16.6. The van der Waals surface area contributed by atoms with E-state index < -0.39 is 9.84 Å². The van der Waals surface area contributed by atoms with Gasteiger partial charge in [0, 0.05) is 31.6 Å². The summed E-state index contributed by atoms with van der Waals surface area (Å²) in [6, 6.07) is 5.51. The SMILES string of the molecule is COc1ccc(Nc2ncc(CN3CC[C@@H](S(C)(=O)=O)C3)cc2-c2nc(C)nc(N)n2)cn1. The lowest BCUT2D eigenvalue weighted by atomic mass is 10.1. The van der Waals surface area contributed by atoms with Gasteiger partial charge in [-0.3, -0.25) is 4.90 Å². The number of nitrogen functional groups attached to an aromatic ring is 1. The Balaban J connectivity index is 1.65. The molecule has 12 heteroatoms. The number of likely N-dealkylation sites (tertiary alicyclic amines) is 1. The Labute approximate surface area is 192 Å². The summed E-state index contributed by atoms with van der Waals surface area (Å²) < 4.78 is 28.9. The number of ether oxygens (including phenoxy) is 1. The molecule has 1 saturated heterocycles. The molecule has 0 aromatic carbocycles. The number of rotatable bonds is 7. The number of nitrogens with zero attached hydrogens (tertiary/aromatic N) is 6. The molecule has 4 heterocycles. The molecule has 0 spiro atoms. The van der Waals surface area contributed by atoms with Gasteiger partial charge in [-0.15, -0.1) is 0 Å². The van der Waals surface area contributed by atoms with E-state index in [2.05, 4.69) is 35.1 Å². The van der Waals surface area contributed by atoms with Gasteiger partial charge in [0.05, 0.1) is 29.8 Å². The number of pyridine rings is 2. The second kappa shape index (κ2) is 9.24. The number of aromatic nitrogens is 5. The van der Waals surface area contributed by atoms with Crippen molar-refractivity contribution in [1.29, 1.82) is 0 Å². The molecule has 1 aliphatic rings. The van der Waals surface area contributed by atoms with Crippen molar-refractivity contribution in [3.8, 4) is 17.3 Å². The van der Waals surface area contributed by atoms with Crippen LogP contribution in [-0.4, -0.2) is 69.9 Å². The van der Waals surface area contributed by atoms with Crippen molar-refractivity contribution in [2.24, 2.45) is 0 Å². The first-order valence-electron chi connectivity index (χ1n) is 10.4. The highest BCUT2D eigenvalue weighted by Gasteiger charge is 2.30. The largest absolute Gasteiger partial charge is 0.481 e. The summed E-state index contributed by atoms with van der Waals surface area (Å²) >= 11 is 0. The van der Waals surface area contributed by atoms with Crippen LogP contribution < -0.4 is 15.8 Å². The molecule has 0 unspecified atom stereocenters. The van der Waals surface area contributed by atoms with Crippen LogP contribution in [-0.2, 0) is 16.4 Å². The fourth-order valence-electron chi connectivity index (χ4n) is 3.75. The molecule has 1 atom stereocenters. The fourth-order valence-corrected chi connectivity index (χ4v) is 4.76. The number of aryl methyl sites for hydroxylation is 1. The van der Waals surface area contributed by atoms with Crippen LogP contribution in [0.4, 0.5) is 17.5 Å². The van der Waals surface area contributed by atoms with Crippen molar-refractivity contribution in [2.45, 2.75) is 25.1 Å². The number of hydrogen-bond acceptors (Lipinski definition) is 11. The van der Waals surface area contributed by atoms with Crippen molar-refractivity contribution in [1.82, 2.24) is 29.8 Å². The van der Waals surface area contributed by atoms with Gasteiger partial charge in [0.2, 0.25) is 11.8 Å². The van der Waals surface area contributed by atoms with Gasteiger partial charge in [-0.2, -0.15) is 9.97 Å². The zero-order valence-electron chi connectivity index (χ0n) is 18.7. The molecular formula is C21H26N8O3S. The van der Waals surface area contributed by atoms with Gasteiger partial charge in [0.25, 0.3) is 0 Å². The number of anilines is 3. The van der Waals surface area contributed by atoms with E-state index in [1.807, 2.05) is 12.1 Å². The summed E-state index contributed by atoms with van der Waals surface area (Å²) in [6.45, 7) is 3.52. The van der Waals surface area contributed by atoms with Crippen LogP contribution in [0.2, 0.25) is 0 Å². The van der Waals surface area contributed by atoms with E-state index in [0.29, 0.717) is 60.7 Å². The highest BCUT2D eigenvalue weighted by atomic mass is 32.2. The van der Waals surface area contributed by atoms with E-state index in [4.69, 9.17) is 10.5 Å². The fraction of sp³-hybridized carbons (Fsp3) is 0.381. The minimum Gasteiger partial charge on any atom is -0.481 e. The maximum atomic E-state index is 11.9. The lowest BCUT2D eigenvalue weighted by Gasteiger charge is -2.17. The third-order valence-electron chi connectivity index (χ3n) is 5.40. The summed E-state index contributed by atoms with van der Waals surface area (Å²) in [5.74, 6) is 2.05. The number of nitrogens with one attached hydrogen (secondary N) is 1. The number of hydrogen-bond donors (Lipinski definition) is 2. The van der Waals surface area contributed by atoms with Gasteiger partial charge in [-0.1, -0.05) is 0 Å². The lowest BCUT2D eigenvalue weighted by molar-refractivity contribution is 0.331. The first-order chi connectivity index (χ1) is 15.7. The van der Waals surface area contributed by atoms with Gasteiger partial charge in [-0.05, 0) is 37.6 Å². The zero-order valence-corrected chi connectivity index (χ0v) is 19.5. The Morgan fingerprint density at radius 3 is 2.67 bits per heavy atom. The van der Waals surface area contributed by atoms with E-state index in [9.17, 15) is 8.42 Å². The molecule has 0 saturated carbocycles. The molecule has 3 N–H and O–H groups in total. The lowest BCUT2D eigenvalue weighted by Crippen LogP contribution is -2.26. The molecule has 174 valence electrons. The summed E-state index contributed by atoms with van der Waals surface area (Å²) in [5.41, 5.74) is 8.14. The Morgan fingerprint density at radius 1 is 1.21 bits per heavy atom. The van der Waals surface area contributed by atoms with Crippen LogP contribution in [0.15, 0.2) is 30.6 Å². The molecule has 3 aromatic rings. The maximum Gasteiger partial charge on any atom is 0.223 e. The van der Waals surface area contributed by atoms with Crippen molar-refractivity contribution in [3.05, 3.63) is 42.0 Å². The van der Waals surface area contributed by atoms with Crippen molar-refractivity contribution in [3.63, 3.8) is 0 Å². The summed E-state index contributed by atoms with van der Waals surface area (Å²) in [6.07, 6.45) is 5.32.